The molecule has 1 saturated heterocycles. The topological polar surface area (TPSA) is 69.7 Å². The normalized spacial score (nSPS) is 22.5. The number of amides is 1. The number of nitrogens with zero attached hydrogens (tertiary/aromatic N) is 2. The Morgan fingerprint density at radius 3 is 2.45 bits per heavy atom. The Balaban J connectivity index is 1.80. The number of rotatable bonds is 8. The fraction of sp³-hybridized carbons (Fsp3) is 0.682. The van der Waals surface area contributed by atoms with Crippen LogP contribution in [0.15, 0.2) is 18.2 Å². The van der Waals surface area contributed by atoms with Gasteiger partial charge in [0.05, 0.1) is 23.3 Å². The van der Waals surface area contributed by atoms with Crippen LogP contribution in [0.3, 0.4) is 0 Å². The van der Waals surface area contributed by atoms with Gasteiger partial charge in [0.25, 0.3) is 0 Å². The molecule has 1 N–H and O–H groups in total. The molecule has 0 aromatic heterocycles. The molecule has 1 saturated carbocycles. The Bertz CT molecular complexity index is 937. The first kappa shape index (κ1) is 26.2. The number of hydrogen-bond acceptors (Lipinski definition) is 4. The molecule has 0 bridgehead atoms. The number of hydrogen-bond donors (Lipinski definition) is 1. The van der Waals surface area contributed by atoms with Gasteiger partial charge >= 0.3 is 6.18 Å². The first-order valence-corrected chi connectivity index (χ1v) is 13.6. The Morgan fingerprint density at radius 2 is 1.85 bits per heavy atom. The number of carbonyl (C=O) groups excluding carboxylic acids is 1. The molecule has 3 rings (SSSR count). The largest absolute Gasteiger partial charge is 0.417 e. The van der Waals surface area contributed by atoms with Gasteiger partial charge in [-0.05, 0) is 56.5 Å². The van der Waals surface area contributed by atoms with Crippen molar-refractivity contribution in [3.63, 3.8) is 0 Å². The Hall–Kier alpha value is -1.36. The maximum atomic E-state index is 13.4. The summed E-state index contributed by atoms with van der Waals surface area (Å²) in [7, 11) is -3.41. The lowest BCUT2D eigenvalue weighted by Gasteiger charge is -2.44. The van der Waals surface area contributed by atoms with Crippen LogP contribution in [-0.4, -0.2) is 68.6 Å². The van der Waals surface area contributed by atoms with Crippen molar-refractivity contribution in [1.29, 1.82) is 0 Å². The zero-order valence-electron chi connectivity index (χ0n) is 18.7. The number of likely N-dealkylation sites (tertiary alicyclic amines) is 1. The van der Waals surface area contributed by atoms with Crippen molar-refractivity contribution < 1.29 is 26.4 Å². The highest BCUT2D eigenvalue weighted by atomic mass is 35.5. The van der Waals surface area contributed by atoms with E-state index >= 15 is 0 Å². The van der Waals surface area contributed by atoms with Gasteiger partial charge in [0.15, 0.2) is 0 Å². The minimum absolute atomic E-state index is 0.0596. The average Bonchev–Trinajstić information content (AvgIpc) is 3.24. The minimum Gasteiger partial charge on any atom is -0.337 e. The Kier molecular flexibility index (Phi) is 8.69. The number of nitrogens with one attached hydrogen (secondary N) is 1. The lowest BCUT2D eigenvalue weighted by atomic mass is 9.87. The van der Waals surface area contributed by atoms with Crippen molar-refractivity contribution in [1.82, 2.24) is 14.5 Å². The van der Waals surface area contributed by atoms with E-state index in [0.717, 1.165) is 63.9 Å². The van der Waals surface area contributed by atoms with Gasteiger partial charge in [0, 0.05) is 25.2 Å². The first-order valence-electron chi connectivity index (χ1n) is 11.3. The van der Waals surface area contributed by atoms with E-state index in [-0.39, 0.29) is 37.5 Å². The average molecular weight is 510 g/mol. The summed E-state index contributed by atoms with van der Waals surface area (Å²) in [5.41, 5.74) is -0.538. The van der Waals surface area contributed by atoms with Crippen molar-refractivity contribution in [2.45, 2.75) is 63.2 Å². The zero-order valence-corrected chi connectivity index (χ0v) is 20.3. The molecular formula is C22H31ClF3N3O3S. The van der Waals surface area contributed by atoms with Gasteiger partial charge in [-0.3, -0.25) is 9.69 Å². The second kappa shape index (κ2) is 10.9. The molecule has 6 nitrogen and oxygen atoms in total. The summed E-state index contributed by atoms with van der Waals surface area (Å²) in [6, 6.07) is 3.51. The maximum Gasteiger partial charge on any atom is 0.417 e. The van der Waals surface area contributed by atoms with Crippen LogP contribution in [0.25, 0.3) is 0 Å². The molecule has 1 amide bonds. The third-order valence-corrected chi connectivity index (χ3v) is 7.48. The second-order valence-corrected chi connectivity index (χ2v) is 11.1. The molecule has 11 heteroatoms. The van der Waals surface area contributed by atoms with Crippen molar-refractivity contribution in [2.24, 2.45) is 0 Å². The standard InChI is InChI=1S/C22H31ClF3N3O3S/c1-33(31,32)27-10-13-29(20-7-3-2-6-19(20)28-11-4-5-12-28)21(30)15-16-8-9-17(18(23)14-16)22(24,25)26/h8-9,14,19-20,27H,2-7,10-13,15H2,1H3/t19-,20-/m0/s1. The highest BCUT2D eigenvalue weighted by Gasteiger charge is 2.37. The van der Waals surface area contributed by atoms with Gasteiger partial charge in [-0.25, -0.2) is 13.1 Å². The van der Waals surface area contributed by atoms with E-state index < -0.39 is 26.8 Å². The molecule has 2 atom stereocenters. The van der Waals surface area contributed by atoms with Gasteiger partial charge in [0.2, 0.25) is 15.9 Å². The third-order valence-electron chi connectivity index (χ3n) is 6.44. The Morgan fingerprint density at radius 1 is 1.18 bits per heavy atom. The van der Waals surface area contributed by atoms with Crippen LogP contribution in [0.1, 0.15) is 49.7 Å². The van der Waals surface area contributed by atoms with E-state index in [9.17, 15) is 26.4 Å². The molecule has 33 heavy (non-hydrogen) atoms. The van der Waals surface area contributed by atoms with Crippen molar-refractivity contribution >= 4 is 27.5 Å². The quantitative estimate of drug-likeness (QED) is 0.580. The smallest absolute Gasteiger partial charge is 0.337 e. The van der Waals surface area contributed by atoms with Crippen LogP contribution in [0.4, 0.5) is 13.2 Å². The Labute approximate surface area is 198 Å². The van der Waals surface area contributed by atoms with Crippen molar-refractivity contribution in [2.75, 3.05) is 32.4 Å². The summed E-state index contributed by atoms with van der Waals surface area (Å²) in [5.74, 6) is -0.239. The minimum atomic E-state index is -4.56. The fourth-order valence-corrected chi connectivity index (χ4v) is 5.73. The summed E-state index contributed by atoms with van der Waals surface area (Å²) >= 11 is 5.84. The summed E-state index contributed by atoms with van der Waals surface area (Å²) in [4.78, 5) is 17.5. The molecule has 0 radical (unpaired) electrons. The molecule has 2 fully saturated rings. The number of sulfonamides is 1. The van der Waals surface area contributed by atoms with Crippen LogP contribution in [0, 0.1) is 0 Å². The van der Waals surface area contributed by atoms with Gasteiger partial charge in [-0.1, -0.05) is 30.5 Å². The molecule has 1 aliphatic carbocycles. The zero-order chi connectivity index (χ0) is 24.2. The summed E-state index contributed by atoms with van der Waals surface area (Å²) < 4.78 is 64.6. The van der Waals surface area contributed by atoms with Crippen LogP contribution in [0.2, 0.25) is 5.02 Å². The highest BCUT2D eigenvalue weighted by molar-refractivity contribution is 7.88. The van der Waals surface area contributed by atoms with E-state index in [1.54, 1.807) is 4.90 Å². The summed E-state index contributed by atoms with van der Waals surface area (Å²) in [5, 5.41) is -0.439. The van der Waals surface area contributed by atoms with E-state index in [1.165, 1.54) is 12.1 Å². The number of halogens is 4. The van der Waals surface area contributed by atoms with Crippen LogP contribution >= 0.6 is 11.6 Å². The molecule has 1 aromatic rings. The van der Waals surface area contributed by atoms with Gasteiger partial charge in [-0.2, -0.15) is 13.2 Å². The van der Waals surface area contributed by atoms with E-state index in [2.05, 4.69) is 9.62 Å². The van der Waals surface area contributed by atoms with Crippen molar-refractivity contribution in [3.8, 4) is 0 Å². The number of alkyl halides is 3. The molecule has 1 heterocycles. The summed E-state index contributed by atoms with van der Waals surface area (Å²) in [6.07, 6.45) is 2.50. The monoisotopic (exact) mass is 509 g/mol. The SMILES string of the molecule is CS(=O)(=O)NCCN(C(=O)Cc1ccc(C(F)(F)F)c(Cl)c1)[C@H]1CCCC[C@@H]1N1CCCC1. The van der Waals surface area contributed by atoms with E-state index in [1.807, 2.05) is 0 Å². The molecule has 0 unspecified atom stereocenters. The van der Waals surface area contributed by atoms with Crippen LogP contribution < -0.4 is 4.72 Å². The number of benzene rings is 1. The van der Waals surface area contributed by atoms with E-state index in [4.69, 9.17) is 11.6 Å². The fourth-order valence-electron chi connectivity index (χ4n) is 4.96. The molecule has 1 aliphatic heterocycles. The summed E-state index contributed by atoms with van der Waals surface area (Å²) in [6.45, 7) is 2.26. The third kappa shape index (κ3) is 7.31. The lowest BCUT2D eigenvalue weighted by molar-refractivity contribution is -0.137. The highest BCUT2D eigenvalue weighted by Crippen LogP contribution is 2.35. The van der Waals surface area contributed by atoms with E-state index in [0.29, 0.717) is 5.56 Å². The van der Waals surface area contributed by atoms with Gasteiger partial charge < -0.3 is 4.90 Å². The maximum absolute atomic E-state index is 13.4. The second-order valence-electron chi connectivity index (χ2n) is 8.90. The molecule has 186 valence electrons. The van der Waals surface area contributed by atoms with Gasteiger partial charge in [-0.15, -0.1) is 0 Å². The predicted octanol–water partition coefficient (Wildman–Crippen LogP) is 3.69. The molecule has 0 spiro atoms. The number of carbonyl (C=O) groups is 1. The predicted molar refractivity (Wildman–Crippen MR) is 122 cm³/mol. The molecule has 1 aromatic carbocycles. The molecule has 2 aliphatic rings. The van der Waals surface area contributed by atoms with Crippen molar-refractivity contribution in [3.05, 3.63) is 34.3 Å². The first-order chi connectivity index (χ1) is 15.5. The lowest BCUT2D eigenvalue weighted by Crippen LogP contribution is -2.56. The molecular weight excluding hydrogens is 479 g/mol. The van der Waals surface area contributed by atoms with Gasteiger partial charge in [0.1, 0.15) is 0 Å². The van der Waals surface area contributed by atoms with Crippen LogP contribution in [-0.2, 0) is 27.4 Å². The van der Waals surface area contributed by atoms with Crippen LogP contribution in [0.5, 0.6) is 0 Å².